The summed E-state index contributed by atoms with van der Waals surface area (Å²) in [5.74, 6) is 2.14. The second-order valence-corrected chi connectivity index (χ2v) is 7.58. The van der Waals surface area contributed by atoms with Crippen molar-refractivity contribution in [3.8, 4) is 0 Å². The summed E-state index contributed by atoms with van der Waals surface area (Å²) in [5, 5.41) is 3.58. The molecule has 0 aromatic carbocycles. The van der Waals surface area contributed by atoms with Crippen LogP contribution < -0.4 is 5.32 Å². The average molecular weight is 235 g/mol. The molecule has 4 aliphatic carbocycles. The third-order valence-electron chi connectivity index (χ3n) is 6.36. The fraction of sp³-hybridized carbons (Fsp3) is 1.00. The van der Waals surface area contributed by atoms with Crippen LogP contribution in [0.15, 0.2) is 0 Å². The first kappa shape index (κ1) is 12.0. The molecule has 0 saturated heterocycles. The van der Waals surface area contributed by atoms with Crippen molar-refractivity contribution in [3.63, 3.8) is 0 Å². The monoisotopic (exact) mass is 235 g/mol. The Bertz CT molecular complexity index is 282. The molecular formula is C16H29N. The standard InChI is InChI=1S/C16H29N/c1-4-5-15-7-13-6-14(8-15)10-16(9-13,11-15)12(2)17-3/h12-14,17H,4-11H2,1-3H3. The zero-order chi connectivity index (χ0) is 12.1. The average Bonchev–Trinajstić information content (AvgIpc) is 2.25. The van der Waals surface area contributed by atoms with E-state index in [-0.39, 0.29) is 0 Å². The maximum atomic E-state index is 3.58. The Balaban J connectivity index is 1.89. The molecule has 0 radical (unpaired) electrons. The van der Waals surface area contributed by atoms with Gasteiger partial charge in [-0.3, -0.25) is 0 Å². The van der Waals surface area contributed by atoms with Crippen molar-refractivity contribution in [2.24, 2.45) is 22.7 Å². The van der Waals surface area contributed by atoms with Crippen LogP contribution in [0.4, 0.5) is 0 Å². The lowest BCUT2D eigenvalue weighted by molar-refractivity contribution is -0.126. The van der Waals surface area contributed by atoms with Gasteiger partial charge >= 0.3 is 0 Å². The quantitative estimate of drug-likeness (QED) is 0.777. The third kappa shape index (κ3) is 1.77. The Morgan fingerprint density at radius 3 is 2.35 bits per heavy atom. The van der Waals surface area contributed by atoms with Gasteiger partial charge < -0.3 is 5.32 Å². The van der Waals surface area contributed by atoms with Crippen molar-refractivity contribution < 1.29 is 0 Å². The van der Waals surface area contributed by atoms with Gasteiger partial charge in [-0.1, -0.05) is 13.3 Å². The molecule has 4 rings (SSSR count). The van der Waals surface area contributed by atoms with Crippen LogP contribution >= 0.6 is 0 Å². The van der Waals surface area contributed by atoms with Crippen molar-refractivity contribution in [1.29, 1.82) is 0 Å². The highest BCUT2D eigenvalue weighted by Crippen LogP contribution is 2.67. The highest BCUT2D eigenvalue weighted by Gasteiger charge is 2.58. The molecule has 1 nitrogen and oxygen atoms in total. The molecule has 4 saturated carbocycles. The van der Waals surface area contributed by atoms with E-state index in [1.807, 2.05) is 0 Å². The molecule has 4 aliphatic rings. The molecule has 0 heterocycles. The van der Waals surface area contributed by atoms with E-state index in [4.69, 9.17) is 0 Å². The third-order valence-corrected chi connectivity index (χ3v) is 6.36. The molecule has 17 heavy (non-hydrogen) atoms. The van der Waals surface area contributed by atoms with E-state index in [1.54, 1.807) is 19.3 Å². The van der Waals surface area contributed by atoms with Crippen LogP contribution in [-0.4, -0.2) is 13.1 Å². The molecule has 4 bridgehead atoms. The summed E-state index contributed by atoms with van der Waals surface area (Å²) in [5.41, 5.74) is 1.41. The minimum Gasteiger partial charge on any atom is -0.317 e. The Labute approximate surface area is 107 Å². The van der Waals surface area contributed by atoms with Gasteiger partial charge in [0.15, 0.2) is 0 Å². The van der Waals surface area contributed by atoms with Crippen molar-refractivity contribution in [2.75, 3.05) is 7.05 Å². The number of nitrogens with one attached hydrogen (secondary N) is 1. The van der Waals surface area contributed by atoms with Gasteiger partial charge in [0.25, 0.3) is 0 Å². The Kier molecular flexibility index (Phi) is 2.81. The number of hydrogen-bond donors (Lipinski definition) is 1. The zero-order valence-corrected chi connectivity index (χ0v) is 11.9. The van der Waals surface area contributed by atoms with Crippen LogP contribution in [-0.2, 0) is 0 Å². The molecule has 0 aromatic rings. The van der Waals surface area contributed by atoms with Crippen LogP contribution in [0, 0.1) is 22.7 Å². The Hall–Kier alpha value is -0.0400. The fourth-order valence-corrected chi connectivity index (χ4v) is 6.16. The van der Waals surface area contributed by atoms with Gasteiger partial charge in [0.1, 0.15) is 0 Å². The van der Waals surface area contributed by atoms with E-state index in [0.29, 0.717) is 5.41 Å². The molecule has 1 N–H and O–H groups in total. The maximum Gasteiger partial charge on any atom is 0.00925 e. The summed E-state index contributed by atoms with van der Waals surface area (Å²) in [7, 11) is 2.16. The van der Waals surface area contributed by atoms with Gasteiger partial charge in [-0.2, -0.15) is 0 Å². The molecule has 3 atom stereocenters. The molecular weight excluding hydrogens is 206 g/mol. The highest BCUT2D eigenvalue weighted by atomic mass is 14.9. The molecule has 0 aliphatic heterocycles. The van der Waals surface area contributed by atoms with E-state index in [9.17, 15) is 0 Å². The molecule has 0 aromatic heterocycles. The largest absolute Gasteiger partial charge is 0.317 e. The summed E-state index contributed by atoms with van der Waals surface area (Å²) in [6.07, 6.45) is 12.2. The van der Waals surface area contributed by atoms with Gasteiger partial charge in [0.05, 0.1) is 0 Å². The fourth-order valence-electron chi connectivity index (χ4n) is 6.16. The first-order valence-electron chi connectivity index (χ1n) is 7.79. The summed E-state index contributed by atoms with van der Waals surface area (Å²) >= 11 is 0. The smallest absolute Gasteiger partial charge is 0.00925 e. The van der Waals surface area contributed by atoms with Crippen LogP contribution in [0.1, 0.15) is 65.2 Å². The minimum absolute atomic E-state index is 0.661. The van der Waals surface area contributed by atoms with Crippen LogP contribution in [0.25, 0.3) is 0 Å². The van der Waals surface area contributed by atoms with Crippen LogP contribution in [0.5, 0.6) is 0 Å². The highest BCUT2D eigenvalue weighted by molar-refractivity contribution is 5.10. The molecule has 0 spiro atoms. The van der Waals surface area contributed by atoms with Crippen molar-refractivity contribution in [1.82, 2.24) is 5.32 Å². The summed E-state index contributed by atoms with van der Waals surface area (Å²) in [6, 6.07) is 0.727. The normalized spacial score (nSPS) is 49.6. The lowest BCUT2D eigenvalue weighted by atomic mass is 9.42. The first-order valence-corrected chi connectivity index (χ1v) is 7.79. The summed E-state index contributed by atoms with van der Waals surface area (Å²) < 4.78 is 0. The van der Waals surface area contributed by atoms with Gasteiger partial charge in [-0.15, -0.1) is 0 Å². The Morgan fingerprint density at radius 1 is 1.18 bits per heavy atom. The Morgan fingerprint density at radius 2 is 1.82 bits per heavy atom. The van der Waals surface area contributed by atoms with Crippen molar-refractivity contribution >= 4 is 0 Å². The van der Waals surface area contributed by atoms with E-state index in [1.165, 1.54) is 32.1 Å². The molecule has 1 heteroatoms. The minimum atomic E-state index is 0.661. The topological polar surface area (TPSA) is 12.0 Å². The van der Waals surface area contributed by atoms with E-state index in [2.05, 4.69) is 26.2 Å². The van der Waals surface area contributed by atoms with Crippen molar-refractivity contribution in [3.05, 3.63) is 0 Å². The number of hydrogen-bond acceptors (Lipinski definition) is 1. The van der Waals surface area contributed by atoms with Crippen LogP contribution in [0.2, 0.25) is 0 Å². The second-order valence-electron chi connectivity index (χ2n) is 7.58. The summed E-state index contributed by atoms with van der Waals surface area (Å²) in [4.78, 5) is 0. The lowest BCUT2D eigenvalue weighted by Crippen LogP contribution is -2.58. The molecule has 3 unspecified atom stereocenters. The molecule has 98 valence electrons. The van der Waals surface area contributed by atoms with Gasteiger partial charge in [0, 0.05) is 6.04 Å². The zero-order valence-electron chi connectivity index (χ0n) is 11.9. The lowest BCUT2D eigenvalue weighted by Gasteiger charge is -2.64. The second kappa shape index (κ2) is 3.98. The van der Waals surface area contributed by atoms with Gasteiger partial charge in [-0.25, -0.2) is 0 Å². The predicted octanol–water partition coefficient (Wildman–Crippen LogP) is 3.98. The first-order chi connectivity index (χ1) is 8.11. The molecule has 4 fully saturated rings. The molecule has 0 amide bonds. The predicted molar refractivity (Wildman–Crippen MR) is 73.0 cm³/mol. The van der Waals surface area contributed by atoms with Crippen LogP contribution in [0.3, 0.4) is 0 Å². The van der Waals surface area contributed by atoms with E-state index >= 15 is 0 Å². The SMILES string of the molecule is CCCC12CC3CC(C1)CC(C(C)NC)(C3)C2. The number of rotatable bonds is 4. The van der Waals surface area contributed by atoms with Gasteiger partial charge in [0.2, 0.25) is 0 Å². The maximum absolute atomic E-state index is 3.58. The van der Waals surface area contributed by atoms with Crippen molar-refractivity contribution in [2.45, 2.75) is 71.3 Å². The summed E-state index contributed by atoms with van der Waals surface area (Å²) in [6.45, 7) is 4.82. The van der Waals surface area contributed by atoms with E-state index in [0.717, 1.165) is 23.3 Å². The van der Waals surface area contributed by atoms with Gasteiger partial charge in [-0.05, 0) is 81.6 Å². The van der Waals surface area contributed by atoms with E-state index < -0.39 is 0 Å².